The molecule has 3 N–H and O–H groups in total. The smallest absolute Gasteiger partial charge is 0.267 e. The Balaban J connectivity index is 1.75. The molecule has 0 saturated heterocycles. The van der Waals surface area contributed by atoms with Gasteiger partial charge in [-0.05, 0) is 25.7 Å². The fourth-order valence-electron chi connectivity index (χ4n) is 1.74. The Labute approximate surface area is 104 Å². The minimum Gasteiger partial charge on any atom is -0.382 e. The van der Waals surface area contributed by atoms with Gasteiger partial charge in [-0.2, -0.15) is 0 Å². The van der Waals surface area contributed by atoms with Crippen molar-refractivity contribution in [2.45, 2.75) is 37.8 Å². The normalized spacial score (nSPS) is 19.1. The largest absolute Gasteiger partial charge is 0.382 e. The number of rotatable bonds is 4. The Hall–Kier alpha value is -1.30. The molecular formula is C11H16N4OS. The predicted octanol–water partition coefficient (Wildman–Crippen LogP) is 1.53. The lowest BCUT2D eigenvalue weighted by molar-refractivity contribution is 0.0790. The topological polar surface area (TPSA) is 71.2 Å². The Kier molecular flexibility index (Phi) is 2.47. The molecule has 6 heteroatoms. The number of amides is 1. The summed E-state index contributed by atoms with van der Waals surface area (Å²) in [5.41, 5.74) is 5.81. The van der Waals surface area contributed by atoms with E-state index in [0.29, 0.717) is 22.8 Å². The van der Waals surface area contributed by atoms with Crippen molar-refractivity contribution in [3.63, 3.8) is 0 Å². The van der Waals surface area contributed by atoms with E-state index < -0.39 is 0 Å². The first-order valence-corrected chi connectivity index (χ1v) is 6.77. The van der Waals surface area contributed by atoms with Crippen LogP contribution in [-0.4, -0.2) is 34.9 Å². The van der Waals surface area contributed by atoms with Crippen LogP contribution in [0.3, 0.4) is 0 Å². The van der Waals surface area contributed by atoms with Crippen molar-refractivity contribution in [2.24, 2.45) is 0 Å². The van der Waals surface area contributed by atoms with E-state index in [4.69, 9.17) is 5.73 Å². The van der Waals surface area contributed by atoms with Gasteiger partial charge in [0.25, 0.3) is 5.91 Å². The Morgan fingerprint density at radius 1 is 1.47 bits per heavy atom. The van der Waals surface area contributed by atoms with E-state index in [1.165, 1.54) is 24.2 Å². The number of anilines is 2. The quantitative estimate of drug-likeness (QED) is 0.852. The molecule has 17 heavy (non-hydrogen) atoms. The summed E-state index contributed by atoms with van der Waals surface area (Å²) in [6.45, 7) is 0. The van der Waals surface area contributed by atoms with Crippen molar-refractivity contribution < 1.29 is 4.79 Å². The van der Waals surface area contributed by atoms with Crippen molar-refractivity contribution >= 4 is 28.2 Å². The second-order valence-electron chi connectivity index (χ2n) is 4.80. The second-order valence-corrected chi connectivity index (χ2v) is 5.80. The fraction of sp³-hybridized carbons (Fsp3) is 0.636. The highest BCUT2D eigenvalue weighted by Crippen LogP contribution is 2.33. The van der Waals surface area contributed by atoms with Gasteiger partial charge in [-0.15, -0.1) is 0 Å². The minimum absolute atomic E-state index is 0.00588. The van der Waals surface area contributed by atoms with Gasteiger partial charge in [0.1, 0.15) is 10.7 Å². The molecule has 0 unspecified atom stereocenters. The molecule has 0 aliphatic heterocycles. The number of nitrogens with two attached hydrogens (primary N) is 1. The van der Waals surface area contributed by atoms with Crippen LogP contribution in [0.25, 0.3) is 0 Å². The molecule has 2 aliphatic carbocycles. The van der Waals surface area contributed by atoms with Crippen LogP contribution in [0.15, 0.2) is 0 Å². The van der Waals surface area contributed by atoms with Gasteiger partial charge in [-0.3, -0.25) is 4.79 Å². The highest BCUT2D eigenvalue weighted by molar-refractivity contribution is 7.18. The molecule has 0 bridgehead atoms. The molecule has 1 heterocycles. The van der Waals surface area contributed by atoms with Gasteiger partial charge in [0, 0.05) is 19.1 Å². The lowest BCUT2D eigenvalue weighted by Crippen LogP contribution is -2.28. The standard InChI is InChI=1S/C11H16N4OS/c1-15(7-4-5-7)10(16)8-9(12)14-11(17-8)13-6-2-3-6/h6-7H,2-5,12H2,1H3,(H,13,14). The summed E-state index contributed by atoms with van der Waals surface area (Å²) in [7, 11) is 1.84. The van der Waals surface area contributed by atoms with Crippen molar-refractivity contribution in [3.8, 4) is 0 Å². The first-order chi connectivity index (χ1) is 8.15. The zero-order valence-electron chi connectivity index (χ0n) is 9.77. The molecule has 2 saturated carbocycles. The van der Waals surface area contributed by atoms with Crippen molar-refractivity contribution in [1.82, 2.24) is 9.88 Å². The van der Waals surface area contributed by atoms with E-state index in [1.807, 2.05) is 7.05 Å². The number of thiazole rings is 1. The van der Waals surface area contributed by atoms with Gasteiger partial charge in [-0.25, -0.2) is 4.98 Å². The summed E-state index contributed by atoms with van der Waals surface area (Å²) in [6, 6.07) is 0.938. The molecular weight excluding hydrogens is 236 g/mol. The number of nitrogens with one attached hydrogen (secondary N) is 1. The van der Waals surface area contributed by atoms with Crippen LogP contribution in [0.1, 0.15) is 35.4 Å². The summed E-state index contributed by atoms with van der Waals surface area (Å²) >= 11 is 1.37. The average Bonchev–Trinajstić information content (AvgIpc) is 3.16. The fourth-order valence-corrected chi connectivity index (χ4v) is 2.68. The third-order valence-electron chi connectivity index (χ3n) is 3.17. The van der Waals surface area contributed by atoms with Crippen LogP contribution < -0.4 is 11.1 Å². The number of aromatic nitrogens is 1. The highest BCUT2D eigenvalue weighted by Gasteiger charge is 2.32. The van der Waals surface area contributed by atoms with E-state index in [9.17, 15) is 4.79 Å². The highest BCUT2D eigenvalue weighted by atomic mass is 32.1. The first-order valence-electron chi connectivity index (χ1n) is 5.95. The van der Waals surface area contributed by atoms with Gasteiger partial charge in [0.05, 0.1) is 0 Å². The number of carbonyl (C=O) groups excluding carboxylic acids is 1. The Morgan fingerprint density at radius 3 is 2.76 bits per heavy atom. The van der Waals surface area contributed by atoms with Gasteiger partial charge in [0.2, 0.25) is 0 Å². The van der Waals surface area contributed by atoms with Gasteiger partial charge < -0.3 is 16.0 Å². The van der Waals surface area contributed by atoms with E-state index in [2.05, 4.69) is 10.3 Å². The molecule has 1 aromatic heterocycles. The monoisotopic (exact) mass is 252 g/mol. The van der Waals surface area contributed by atoms with Crippen LogP contribution >= 0.6 is 11.3 Å². The maximum Gasteiger partial charge on any atom is 0.267 e. The molecule has 1 amide bonds. The lowest BCUT2D eigenvalue weighted by Gasteiger charge is -2.14. The summed E-state index contributed by atoms with van der Waals surface area (Å²) in [5, 5.41) is 4.05. The predicted molar refractivity (Wildman–Crippen MR) is 68.3 cm³/mol. The van der Waals surface area contributed by atoms with Crippen molar-refractivity contribution in [2.75, 3.05) is 18.1 Å². The molecule has 2 aliphatic rings. The number of nitrogens with zero attached hydrogens (tertiary/aromatic N) is 2. The van der Waals surface area contributed by atoms with Gasteiger partial charge in [0.15, 0.2) is 5.13 Å². The zero-order valence-corrected chi connectivity index (χ0v) is 10.6. The van der Waals surface area contributed by atoms with E-state index in [0.717, 1.165) is 18.0 Å². The maximum atomic E-state index is 12.2. The van der Waals surface area contributed by atoms with Crippen molar-refractivity contribution in [1.29, 1.82) is 0 Å². The van der Waals surface area contributed by atoms with Crippen LogP contribution in [0, 0.1) is 0 Å². The summed E-state index contributed by atoms with van der Waals surface area (Å²) in [5.74, 6) is 0.363. The van der Waals surface area contributed by atoms with E-state index in [-0.39, 0.29) is 5.91 Å². The summed E-state index contributed by atoms with van der Waals surface area (Å²) < 4.78 is 0. The second kappa shape index (κ2) is 3.87. The number of nitrogen functional groups attached to an aromatic ring is 1. The first kappa shape index (κ1) is 10.8. The molecule has 0 radical (unpaired) electrons. The molecule has 1 aromatic rings. The van der Waals surface area contributed by atoms with Crippen LogP contribution in [-0.2, 0) is 0 Å². The molecule has 0 atom stereocenters. The third kappa shape index (κ3) is 2.22. The molecule has 0 aromatic carbocycles. The number of carbonyl (C=O) groups is 1. The molecule has 3 rings (SSSR count). The van der Waals surface area contributed by atoms with Crippen molar-refractivity contribution in [3.05, 3.63) is 4.88 Å². The Morgan fingerprint density at radius 2 is 2.18 bits per heavy atom. The van der Waals surface area contributed by atoms with Gasteiger partial charge >= 0.3 is 0 Å². The van der Waals surface area contributed by atoms with Crippen LogP contribution in [0.2, 0.25) is 0 Å². The number of hydrogen-bond donors (Lipinski definition) is 2. The van der Waals surface area contributed by atoms with Crippen LogP contribution in [0.4, 0.5) is 10.9 Å². The van der Waals surface area contributed by atoms with E-state index >= 15 is 0 Å². The molecule has 5 nitrogen and oxygen atoms in total. The molecule has 0 spiro atoms. The molecule has 2 fully saturated rings. The van der Waals surface area contributed by atoms with Crippen LogP contribution in [0.5, 0.6) is 0 Å². The maximum absolute atomic E-state index is 12.2. The summed E-state index contributed by atoms with van der Waals surface area (Å²) in [4.78, 5) is 18.7. The zero-order chi connectivity index (χ0) is 12.0. The summed E-state index contributed by atoms with van der Waals surface area (Å²) in [6.07, 6.45) is 4.58. The van der Waals surface area contributed by atoms with Gasteiger partial charge in [-0.1, -0.05) is 11.3 Å². The Bertz CT molecular complexity index is 450. The lowest BCUT2D eigenvalue weighted by atomic mass is 10.4. The average molecular weight is 252 g/mol. The SMILES string of the molecule is CN(C(=O)c1sc(NC2CC2)nc1N)C1CC1. The minimum atomic E-state index is 0.00588. The number of hydrogen-bond acceptors (Lipinski definition) is 5. The molecule has 92 valence electrons. The van der Waals surface area contributed by atoms with E-state index in [1.54, 1.807) is 4.90 Å². The third-order valence-corrected chi connectivity index (χ3v) is 4.16.